The lowest BCUT2D eigenvalue weighted by Crippen LogP contribution is -2.51. The second-order valence-electron chi connectivity index (χ2n) is 8.33. The number of ether oxygens (including phenoxy) is 1. The molecule has 0 bridgehead atoms. The average Bonchev–Trinajstić information content (AvgIpc) is 3.53. The van der Waals surface area contributed by atoms with E-state index >= 15 is 0 Å². The van der Waals surface area contributed by atoms with Crippen molar-refractivity contribution in [2.24, 2.45) is 7.05 Å². The van der Waals surface area contributed by atoms with E-state index in [0.717, 1.165) is 5.56 Å². The summed E-state index contributed by atoms with van der Waals surface area (Å²) in [5, 5.41) is 7.35. The number of rotatable bonds is 5. The monoisotopic (exact) mass is 497 g/mol. The van der Waals surface area contributed by atoms with Crippen LogP contribution in [0.25, 0.3) is 33.5 Å². The molecule has 1 N–H and O–H groups in total. The Morgan fingerprint density at radius 3 is 2.64 bits per heavy atom. The van der Waals surface area contributed by atoms with Crippen molar-refractivity contribution in [1.82, 2.24) is 30.0 Å². The molecule has 36 heavy (non-hydrogen) atoms. The van der Waals surface area contributed by atoms with Crippen LogP contribution in [0.2, 0.25) is 0 Å². The van der Waals surface area contributed by atoms with Crippen molar-refractivity contribution in [3.05, 3.63) is 48.9 Å². The Hall–Kier alpha value is -4.06. The van der Waals surface area contributed by atoms with Gasteiger partial charge in [0.05, 0.1) is 18.7 Å². The molecule has 5 rings (SSSR count). The number of carbonyl (C=O) groups is 1. The van der Waals surface area contributed by atoms with E-state index in [9.17, 15) is 18.0 Å². The van der Waals surface area contributed by atoms with Crippen LogP contribution >= 0.6 is 0 Å². The van der Waals surface area contributed by atoms with Crippen molar-refractivity contribution in [2.75, 3.05) is 18.6 Å². The number of nitrogens with zero attached hydrogens (tertiary/aromatic N) is 6. The van der Waals surface area contributed by atoms with Crippen LogP contribution in [0.15, 0.2) is 48.9 Å². The highest BCUT2D eigenvalue weighted by Crippen LogP contribution is 2.39. The van der Waals surface area contributed by atoms with Gasteiger partial charge < -0.3 is 10.1 Å². The number of benzene rings is 1. The lowest BCUT2D eigenvalue weighted by Gasteiger charge is -2.28. The van der Waals surface area contributed by atoms with Gasteiger partial charge in [0, 0.05) is 30.4 Å². The van der Waals surface area contributed by atoms with Crippen LogP contribution in [0, 0.1) is 0 Å². The van der Waals surface area contributed by atoms with E-state index in [0.29, 0.717) is 30.6 Å². The van der Waals surface area contributed by atoms with Gasteiger partial charge in [-0.15, -0.1) is 13.2 Å². The number of pyridine rings is 1. The number of halogens is 3. The van der Waals surface area contributed by atoms with Gasteiger partial charge in [0.1, 0.15) is 23.2 Å². The molecule has 3 aromatic heterocycles. The number of hydrogen-bond acceptors (Lipinski definition) is 7. The predicted octanol–water partition coefficient (Wildman–Crippen LogP) is 3.71. The molecular formula is C24H22F3N7O2. The number of methoxy groups -OCH3 is 1. The first-order chi connectivity index (χ1) is 17.3. The first-order valence-corrected chi connectivity index (χ1v) is 11.2. The zero-order valence-electron chi connectivity index (χ0n) is 19.5. The van der Waals surface area contributed by atoms with Crippen molar-refractivity contribution in [1.29, 1.82) is 0 Å². The third-order valence-electron chi connectivity index (χ3n) is 5.95. The molecule has 1 fully saturated rings. The summed E-state index contributed by atoms with van der Waals surface area (Å²) >= 11 is 0. The quantitative estimate of drug-likeness (QED) is 0.420. The number of aromatic nitrogens is 5. The van der Waals surface area contributed by atoms with Crippen LogP contribution in [-0.2, 0) is 11.8 Å². The summed E-state index contributed by atoms with van der Waals surface area (Å²) < 4.78 is 49.6. The van der Waals surface area contributed by atoms with Gasteiger partial charge in [-0.2, -0.15) is 10.00 Å². The minimum atomic E-state index is -5.03. The van der Waals surface area contributed by atoms with Crippen molar-refractivity contribution < 1.29 is 22.7 Å². The molecule has 1 aromatic carbocycles. The summed E-state index contributed by atoms with van der Waals surface area (Å²) in [5.74, 6) is -2.04. The summed E-state index contributed by atoms with van der Waals surface area (Å²) in [5.41, 5.74) is 2.56. The molecule has 12 heteroatoms. The largest absolute Gasteiger partial charge is 0.493 e. The Bertz CT molecular complexity index is 1420. The first-order valence-electron chi connectivity index (χ1n) is 11.2. The van der Waals surface area contributed by atoms with Crippen molar-refractivity contribution in [3.8, 4) is 28.3 Å². The van der Waals surface area contributed by atoms with E-state index in [1.54, 1.807) is 17.9 Å². The summed E-state index contributed by atoms with van der Waals surface area (Å²) in [6.07, 6.45) is -1.12. The van der Waals surface area contributed by atoms with E-state index < -0.39 is 24.1 Å². The topological polar surface area (TPSA) is 98.1 Å². The fraction of sp³-hybridized carbons (Fsp3) is 0.292. The lowest BCUT2D eigenvalue weighted by molar-refractivity contribution is -0.151. The zero-order chi connectivity index (χ0) is 25.4. The van der Waals surface area contributed by atoms with Crippen LogP contribution < -0.4 is 15.0 Å². The first kappa shape index (κ1) is 23.7. The Labute approximate surface area is 203 Å². The maximum atomic E-state index is 14.3. The number of nitrogens with one attached hydrogen (secondary N) is 1. The normalized spacial score (nSPS) is 15.9. The Kier molecular flexibility index (Phi) is 6.04. The van der Waals surface area contributed by atoms with Crippen LogP contribution in [0.5, 0.6) is 5.75 Å². The van der Waals surface area contributed by atoms with Crippen molar-refractivity contribution >= 4 is 22.8 Å². The number of anilines is 1. The van der Waals surface area contributed by atoms with E-state index in [4.69, 9.17) is 4.74 Å². The Morgan fingerprint density at radius 2 is 1.97 bits per heavy atom. The molecule has 1 amide bonds. The van der Waals surface area contributed by atoms with E-state index in [1.165, 1.54) is 19.5 Å². The molecule has 0 radical (unpaired) electrons. The minimum absolute atomic E-state index is 0.0833. The molecule has 1 saturated heterocycles. The third kappa shape index (κ3) is 4.24. The molecule has 9 nitrogen and oxygen atoms in total. The van der Waals surface area contributed by atoms with Crippen LogP contribution in [-0.4, -0.2) is 56.6 Å². The number of aryl methyl sites for hydroxylation is 1. The van der Waals surface area contributed by atoms with Gasteiger partial charge in [0.2, 0.25) is 0 Å². The average molecular weight is 497 g/mol. The fourth-order valence-electron chi connectivity index (χ4n) is 4.34. The number of amides is 1. The Morgan fingerprint density at radius 1 is 1.19 bits per heavy atom. The predicted molar refractivity (Wildman–Crippen MR) is 126 cm³/mol. The molecule has 1 aliphatic heterocycles. The molecule has 0 spiro atoms. The van der Waals surface area contributed by atoms with Gasteiger partial charge in [-0.25, -0.2) is 15.0 Å². The second-order valence-corrected chi connectivity index (χ2v) is 8.33. The summed E-state index contributed by atoms with van der Waals surface area (Å²) in [6.45, 7) is 0.464. The molecule has 1 aliphatic rings. The fourth-order valence-corrected chi connectivity index (χ4v) is 4.34. The van der Waals surface area contributed by atoms with Crippen LogP contribution in [0.3, 0.4) is 0 Å². The molecule has 4 heterocycles. The maximum absolute atomic E-state index is 14.3. The molecule has 1 atom stereocenters. The number of fused-ring (bicyclic) bond motifs is 1. The lowest BCUT2D eigenvalue weighted by atomic mass is 10.0. The number of carbonyl (C=O) groups excluding carboxylic acids is 1. The minimum Gasteiger partial charge on any atom is -0.493 e. The SMILES string of the molecule is COc1cc2ncnc(-c3cn(C)nc3-c3ccccc3)c2nc1N(C(=O)C1CCCN1)C(F)(F)F. The van der Waals surface area contributed by atoms with Crippen LogP contribution in [0.1, 0.15) is 12.8 Å². The van der Waals surface area contributed by atoms with Gasteiger partial charge in [0.15, 0.2) is 11.6 Å². The zero-order valence-corrected chi connectivity index (χ0v) is 19.5. The van der Waals surface area contributed by atoms with Crippen molar-refractivity contribution in [2.45, 2.75) is 25.2 Å². The van der Waals surface area contributed by atoms with Crippen LogP contribution in [0.4, 0.5) is 19.0 Å². The molecule has 0 saturated carbocycles. The third-order valence-corrected chi connectivity index (χ3v) is 5.95. The standard InChI is InChI=1S/C24H22F3N7O2/c1-33-12-15(19(32-33)14-7-4-3-5-8-14)20-21-17(29-13-30-20)11-18(36-2)22(31-21)34(24(25,26)27)23(35)16-9-6-10-28-16/h3-5,7-8,11-13,16,28H,6,9-10H2,1-2H3. The Balaban J connectivity index is 1.73. The highest BCUT2D eigenvalue weighted by Gasteiger charge is 2.47. The van der Waals surface area contributed by atoms with Gasteiger partial charge in [-0.1, -0.05) is 30.3 Å². The molecule has 1 unspecified atom stereocenters. The summed E-state index contributed by atoms with van der Waals surface area (Å²) in [6, 6.07) is 9.69. The van der Waals surface area contributed by atoms with E-state index in [1.807, 2.05) is 30.3 Å². The summed E-state index contributed by atoms with van der Waals surface area (Å²) in [4.78, 5) is 25.6. The van der Waals surface area contributed by atoms with E-state index in [-0.39, 0.29) is 27.4 Å². The highest BCUT2D eigenvalue weighted by atomic mass is 19.4. The van der Waals surface area contributed by atoms with Gasteiger partial charge in [-0.3, -0.25) is 9.48 Å². The molecule has 4 aromatic rings. The summed E-state index contributed by atoms with van der Waals surface area (Å²) in [7, 11) is 2.95. The molecular weight excluding hydrogens is 475 g/mol. The molecule has 186 valence electrons. The molecule has 0 aliphatic carbocycles. The van der Waals surface area contributed by atoms with Gasteiger partial charge >= 0.3 is 6.30 Å². The van der Waals surface area contributed by atoms with Crippen molar-refractivity contribution in [3.63, 3.8) is 0 Å². The maximum Gasteiger partial charge on any atom is 0.492 e. The highest BCUT2D eigenvalue weighted by molar-refractivity contribution is 6.01. The van der Waals surface area contributed by atoms with Gasteiger partial charge in [0.25, 0.3) is 5.91 Å². The smallest absolute Gasteiger partial charge is 0.492 e. The number of alkyl halides is 3. The van der Waals surface area contributed by atoms with Gasteiger partial charge in [-0.05, 0) is 19.4 Å². The number of hydrogen-bond donors (Lipinski definition) is 1. The second kappa shape index (κ2) is 9.19. The van der Waals surface area contributed by atoms with E-state index in [2.05, 4.69) is 25.4 Å².